The summed E-state index contributed by atoms with van der Waals surface area (Å²) >= 11 is 6.07. The van der Waals surface area contributed by atoms with Gasteiger partial charge in [0.05, 0.1) is 31.8 Å². The molecular weight excluding hydrogens is 466 g/mol. The van der Waals surface area contributed by atoms with Crippen LogP contribution in [0.5, 0.6) is 11.5 Å². The smallest absolute Gasteiger partial charge is 0.337 e. The minimum atomic E-state index is -0.638. The third kappa shape index (κ3) is 4.94. The van der Waals surface area contributed by atoms with Gasteiger partial charge in [-0.25, -0.2) is 4.79 Å². The Morgan fingerprint density at radius 1 is 1.06 bits per heavy atom. The summed E-state index contributed by atoms with van der Waals surface area (Å²) in [5, 5.41) is 4.03. The molecule has 0 fully saturated rings. The molecule has 1 N–H and O–H groups in total. The summed E-state index contributed by atoms with van der Waals surface area (Å²) in [6.45, 7) is 5.45. The van der Waals surface area contributed by atoms with E-state index in [4.69, 9.17) is 25.8 Å². The van der Waals surface area contributed by atoms with Crippen LogP contribution in [0.3, 0.4) is 0 Å². The number of halogens is 1. The number of carbonyl (C=O) groups excluding carboxylic acids is 2. The summed E-state index contributed by atoms with van der Waals surface area (Å²) in [4.78, 5) is 27.1. The second-order valence-corrected chi connectivity index (χ2v) is 9.57. The van der Waals surface area contributed by atoms with Gasteiger partial charge in [0.15, 0.2) is 5.78 Å². The fourth-order valence-corrected chi connectivity index (χ4v) is 5.06. The molecule has 4 rings (SSSR count). The van der Waals surface area contributed by atoms with Gasteiger partial charge in [-0.15, -0.1) is 0 Å². The van der Waals surface area contributed by atoms with Gasteiger partial charge in [-0.3, -0.25) is 4.79 Å². The molecule has 6 nitrogen and oxygen atoms in total. The fraction of sp³-hybridized carbons (Fsp3) is 0.357. The van der Waals surface area contributed by atoms with E-state index in [0.29, 0.717) is 51.8 Å². The number of nitrogens with one attached hydrogen (secondary N) is 1. The maximum Gasteiger partial charge on any atom is 0.337 e. The number of allylic oxidation sites excluding steroid dienone is 3. The number of dihydropyridines is 1. The highest BCUT2D eigenvalue weighted by Crippen LogP contribution is 2.48. The van der Waals surface area contributed by atoms with Crippen LogP contribution in [0.1, 0.15) is 56.6 Å². The van der Waals surface area contributed by atoms with Crippen molar-refractivity contribution in [1.29, 1.82) is 0 Å². The van der Waals surface area contributed by atoms with E-state index >= 15 is 0 Å². The van der Waals surface area contributed by atoms with Crippen molar-refractivity contribution in [3.05, 3.63) is 81.2 Å². The lowest BCUT2D eigenvalue weighted by atomic mass is 9.71. The molecular formula is C28H30ClNO5. The summed E-state index contributed by atoms with van der Waals surface area (Å²) in [5.74, 6) is 0.0739. The lowest BCUT2D eigenvalue weighted by Crippen LogP contribution is -2.36. The summed E-state index contributed by atoms with van der Waals surface area (Å²) < 4.78 is 16.7. The van der Waals surface area contributed by atoms with Crippen molar-refractivity contribution < 1.29 is 23.8 Å². The summed E-state index contributed by atoms with van der Waals surface area (Å²) in [6, 6.07) is 13.0. The Morgan fingerprint density at radius 2 is 1.77 bits per heavy atom. The van der Waals surface area contributed by atoms with E-state index in [9.17, 15) is 9.59 Å². The Labute approximate surface area is 210 Å². The normalized spacial score (nSPS) is 19.9. The van der Waals surface area contributed by atoms with Gasteiger partial charge in [0.2, 0.25) is 0 Å². The van der Waals surface area contributed by atoms with Crippen molar-refractivity contribution in [3.63, 3.8) is 0 Å². The molecule has 1 aliphatic heterocycles. The van der Waals surface area contributed by atoms with E-state index in [0.717, 1.165) is 11.3 Å². The number of carbonyl (C=O) groups is 2. The first-order chi connectivity index (χ1) is 16.7. The molecule has 0 saturated heterocycles. The molecule has 0 saturated carbocycles. The number of rotatable bonds is 6. The summed E-state index contributed by atoms with van der Waals surface area (Å²) in [5.41, 5.74) is 4.20. The van der Waals surface area contributed by atoms with Gasteiger partial charge in [0.1, 0.15) is 11.5 Å². The Bertz CT molecular complexity index is 1210. The number of esters is 1. The molecule has 1 aliphatic carbocycles. The minimum Gasteiger partial charge on any atom is -0.497 e. The minimum absolute atomic E-state index is 0.0100. The molecule has 0 spiro atoms. The summed E-state index contributed by atoms with van der Waals surface area (Å²) in [7, 11) is 3.15. The molecule has 2 aliphatic rings. The lowest BCUT2D eigenvalue weighted by molar-refractivity contribution is -0.143. The first-order valence-electron chi connectivity index (χ1n) is 11.7. The highest BCUT2D eigenvalue weighted by Gasteiger charge is 2.42. The topological polar surface area (TPSA) is 73.9 Å². The molecule has 2 aromatic carbocycles. The third-order valence-corrected chi connectivity index (χ3v) is 6.73. The maximum atomic E-state index is 13.7. The van der Waals surface area contributed by atoms with Gasteiger partial charge >= 0.3 is 5.97 Å². The summed E-state index contributed by atoms with van der Waals surface area (Å²) in [6.07, 6.45) is 0.661. The molecule has 1 heterocycles. The Balaban J connectivity index is 1.86. The zero-order valence-corrected chi connectivity index (χ0v) is 21.4. The van der Waals surface area contributed by atoms with Crippen molar-refractivity contribution in [2.75, 3.05) is 14.2 Å². The van der Waals surface area contributed by atoms with E-state index in [2.05, 4.69) is 5.32 Å². The van der Waals surface area contributed by atoms with Gasteiger partial charge in [-0.2, -0.15) is 0 Å². The van der Waals surface area contributed by atoms with Crippen LogP contribution in [0.2, 0.25) is 5.02 Å². The van der Waals surface area contributed by atoms with E-state index in [1.165, 1.54) is 0 Å². The second kappa shape index (κ2) is 10.2. The SMILES string of the molecule is COc1ccc(OC)c([C@@H]2C(C(=O)OC(C)C)=C(C)NC3=C2C(=O)C[C@H](c2ccc(Cl)cc2)C3)c1. The number of hydrogen-bond donors (Lipinski definition) is 1. The molecule has 2 aromatic rings. The van der Waals surface area contributed by atoms with Crippen LogP contribution in [0.25, 0.3) is 0 Å². The van der Waals surface area contributed by atoms with Gasteiger partial charge in [0, 0.05) is 34.0 Å². The highest BCUT2D eigenvalue weighted by atomic mass is 35.5. The predicted molar refractivity (Wildman–Crippen MR) is 135 cm³/mol. The molecule has 35 heavy (non-hydrogen) atoms. The van der Waals surface area contributed by atoms with Crippen molar-refractivity contribution in [3.8, 4) is 11.5 Å². The van der Waals surface area contributed by atoms with Crippen LogP contribution in [-0.2, 0) is 14.3 Å². The average molecular weight is 496 g/mol. The Kier molecular flexibility index (Phi) is 7.22. The second-order valence-electron chi connectivity index (χ2n) is 9.13. The number of methoxy groups -OCH3 is 2. The van der Waals surface area contributed by atoms with Gasteiger partial charge < -0.3 is 19.5 Å². The molecule has 0 aromatic heterocycles. The van der Waals surface area contributed by atoms with Crippen molar-refractivity contribution in [1.82, 2.24) is 5.32 Å². The van der Waals surface area contributed by atoms with Crippen LogP contribution in [0.4, 0.5) is 0 Å². The van der Waals surface area contributed by atoms with Crippen LogP contribution >= 0.6 is 11.6 Å². The van der Waals surface area contributed by atoms with Gasteiger partial charge in [-0.1, -0.05) is 23.7 Å². The molecule has 7 heteroatoms. The quantitative estimate of drug-likeness (QED) is 0.520. The molecule has 184 valence electrons. The standard InChI is InChI=1S/C28H30ClNO5/c1-15(2)35-28(32)25-16(3)30-22-12-18(17-6-8-19(29)9-7-17)13-23(31)27(22)26(25)21-14-20(33-4)10-11-24(21)34-5/h6-11,14-15,18,26,30H,12-13H2,1-5H3/t18-,26-/m1/s1. The number of hydrogen-bond acceptors (Lipinski definition) is 6. The monoisotopic (exact) mass is 495 g/mol. The van der Waals surface area contributed by atoms with Crippen LogP contribution < -0.4 is 14.8 Å². The van der Waals surface area contributed by atoms with Crippen molar-refractivity contribution in [2.24, 2.45) is 0 Å². The Hall–Kier alpha value is -3.25. The highest BCUT2D eigenvalue weighted by molar-refractivity contribution is 6.30. The Morgan fingerprint density at radius 3 is 2.40 bits per heavy atom. The fourth-order valence-electron chi connectivity index (χ4n) is 4.93. The van der Waals surface area contributed by atoms with E-state index < -0.39 is 11.9 Å². The molecule has 0 bridgehead atoms. The zero-order valence-electron chi connectivity index (χ0n) is 20.6. The largest absolute Gasteiger partial charge is 0.497 e. The van der Waals surface area contributed by atoms with Gasteiger partial charge in [-0.05, 0) is 69.0 Å². The molecule has 0 unspecified atom stereocenters. The predicted octanol–water partition coefficient (Wildman–Crippen LogP) is 5.67. The molecule has 0 radical (unpaired) electrons. The van der Waals surface area contributed by atoms with E-state index in [1.807, 2.05) is 37.3 Å². The van der Waals surface area contributed by atoms with Crippen molar-refractivity contribution in [2.45, 2.75) is 51.6 Å². The van der Waals surface area contributed by atoms with Crippen LogP contribution in [0, 0.1) is 0 Å². The number of ketones is 1. The number of Topliss-reactive ketones (excluding diaryl/α,β-unsaturated/α-hetero) is 1. The van der Waals surface area contributed by atoms with E-state index in [-0.39, 0.29) is 17.8 Å². The first kappa shape index (κ1) is 24.9. The average Bonchev–Trinajstić information content (AvgIpc) is 2.82. The number of benzene rings is 2. The zero-order chi connectivity index (χ0) is 25.3. The van der Waals surface area contributed by atoms with Crippen molar-refractivity contribution >= 4 is 23.4 Å². The third-order valence-electron chi connectivity index (χ3n) is 6.48. The first-order valence-corrected chi connectivity index (χ1v) is 12.0. The lowest BCUT2D eigenvalue weighted by Gasteiger charge is -2.37. The maximum absolute atomic E-state index is 13.7. The van der Waals surface area contributed by atoms with Crippen LogP contribution in [-0.4, -0.2) is 32.1 Å². The molecule has 0 amide bonds. The van der Waals surface area contributed by atoms with Crippen LogP contribution in [0.15, 0.2) is 65.0 Å². The number of ether oxygens (including phenoxy) is 3. The van der Waals surface area contributed by atoms with E-state index in [1.54, 1.807) is 40.2 Å². The van der Waals surface area contributed by atoms with Gasteiger partial charge in [0.25, 0.3) is 0 Å². The molecule has 2 atom stereocenters.